The molecule has 2 aromatic carbocycles. The molecule has 0 radical (unpaired) electrons. The molecular weight excluding hydrogens is 2250 g/mol. The Balaban J connectivity index is 0.00000411. The Hall–Kier alpha value is 1.97. The molecule has 15 heteroatoms. The molecule has 0 N–H and O–H groups in total. The summed E-state index contributed by atoms with van der Waals surface area (Å²) in [4.78, 5) is 2.88. The number of hydrogen-bond acceptors (Lipinski definition) is 1. The van der Waals surface area contributed by atoms with E-state index in [2.05, 4.69) is 147 Å². The van der Waals surface area contributed by atoms with Crippen LogP contribution in [0.25, 0.3) is 0 Å². The first kappa shape index (κ1) is 86.0. The van der Waals surface area contributed by atoms with Crippen LogP contribution in [-0.2, 0) is 158 Å². The molecule has 8 aliphatic rings. The second-order valence-corrected chi connectivity index (χ2v) is 31.3. The molecule has 0 amide bonds. The van der Waals surface area contributed by atoms with Crippen molar-refractivity contribution >= 4 is 17.1 Å². The number of anilines is 1. The van der Waals surface area contributed by atoms with Crippen LogP contribution in [0.3, 0.4) is 0 Å². The van der Waals surface area contributed by atoms with E-state index < -0.39 is 0 Å². The number of fused-ring (bicyclic) bond motifs is 4. The molecule has 2 aromatic rings. The van der Waals surface area contributed by atoms with Crippen molar-refractivity contribution in [1.82, 2.24) is 0 Å². The number of para-hydroxylation sites is 2. The van der Waals surface area contributed by atoms with Gasteiger partial charge in [-0.2, -0.15) is 4.58 Å². The molecule has 0 unspecified atom stereocenters. The number of benzene rings is 2. The molecule has 0 saturated carbocycles. The van der Waals surface area contributed by atoms with E-state index in [9.17, 15) is 0 Å². The molecule has 8 heterocycles. The first-order valence-corrected chi connectivity index (χ1v) is 32.6. The Morgan fingerprint density at radius 3 is 1.23 bits per heavy atom. The smallest absolute Gasteiger partial charge is 0.209 e. The van der Waals surface area contributed by atoms with Crippen LogP contribution in [-0.4, -0.2) is 212 Å². The van der Waals surface area contributed by atoms with Crippen molar-refractivity contribution in [1.29, 1.82) is 0 Å². The zero-order valence-corrected chi connectivity index (χ0v) is 75.1. The average Bonchev–Trinajstić information content (AvgIpc) is 1.82. The first-order chi connectivity index (χ1) is 36.7. The second kappa shape index (κ2) is 36.4. The van der Waals surface area contributed by atoms with E-state index in [1.165, 1.54) is 258 Å². The van der Waals surface area contributed by atoms with E-state index in [0.717, 1.165) is 36.8 Å². The fraction of sp³-hybridized carbons (Fsp3) is 0.761. The zero-order chi connectivity index (χ0) is 54.2. The van der Waals surface area contributed by atoms with Crippen molar-refractivity contribution in [3.8, 4) is 0 Å². The molecule has 10 rings (SSSR count). The van der Waals surface area contributed by atoms with Gasteiger partial charge < -0.3 is 31.8 Å². The van der Waals surface area contributed by atoms with Gasteiger partial charge in [0.25, 0.3) is 0 Å². The summed E-state index contributed by atoms with van der Waals surface area (Å²) in [5.41, 5.74) is 9.68. The van der Waals surface area contributed by atoms with Gasteiger partial charge in [-0.15, -0.1) is 0 Å². The average molecular weight is 2380 g/mol. The van der Waals surface area contributed by atoms with Gasteiger partial charge in [0.15, 0.2) is 5.71 Å². The molecule has 86 heavy (non-hydrogen) atoms. The van der Waals surface area contributed by atoms with E-state index in [0.29, 0.717) is 0 Å². The van der Waals surface area contributed by atoms with Crippen molar-refractivity contribution in [2.24, 2.45) is 23.7 Å². The minimum atomic E-state index is 0. The monoisotopic (exact) mass is 2380 g/mol. The first-order valence-electron chi connectivity index (χ1n) is 32.6. The number of quaternary nitrogens is 6. The standard InChI is InChI=1S/C69H117N8.2CH4.7W/c1-72(2)46-30-58(31-47-72)20-16-42-70-64-26-13-11-24-62(64)68(38-54-76(9,55-39-68)44-18-22-60-34-50-74(5,6)51-35-60)66(70)28-15-29-67-69(40-56-77(10,57-41-69)45-19-23-61-36-52-75(7,8)53-37-61)63-25-12-14-27-65(63)71(67)43-17-21-59-32-48-73(3,4)49-33-59;;;;;;;;;/h11-15,24-29,58-61H,16-23,30-57H2,1-10H3;2*1H4;;;;;;;/q+7;;;;;;;;;. The second-order valence-electron chi connectivity index (χ2n) is 31.3. The topological polar surface area (TPSA) is 6.25 Å². The van der Waals surface area contributed by atoms with Crippen LogP contribution in [0, 0.1) is 23.7 Å². The Labute approximate surface area is 630 Å². The normalized spacial score (nSPS) is 24.4. The Morgan fingerprint density at radius 2 is 0.802 bits per heavy atom. The van der Waals surface area contributed by atoms with Crippen molar-refractivity contribution in [3.05, 3.63) is 83.6 Å². The molecule has 6 fully saturated rings. The number of nitrogens with zero attached hydrogens (tertiary/aromatic N) is 8. The van der Waals surface area contributed by atoms with E-state index in [4.69, 9.17) is 0 Å². The molecule has 8 nitrogen and oxygen atoms in total. The Bertz CT molecular complexity index is 2400. The van der Waals surface area contributed by atoms with Gasteiger partial charge in [0.05, 0.1) is 168 Å². The van der Waals surface area contributed by atoms with E-state index in [-0.39, 0.29) is 173 Å². The summed E-state index contributed by atoms with van der Waals surface area (Å²) in [7, 11) is 24.8. The largest absolute Gasteiger partial charge is 0.344 e. The number of likely N-dealkylation sites (tertiary alicyclic amines) is 6. The molecule has 8 aliphatic heterocycles. The van der Waals surface area contributed by atoms with E-state index in [1.54, 1.807) is 22.5 Å². The van der Waals surface area contributed by atoms with E-state index >= 15 is 0 Å². The van der Waals surface area contributed by atoms with Gasteiger partial charge in [0.1, 0.15) is 6.54 Å². The summed E-state index contributed by atoms with van der Waals surface area (Å²) in [5, 5.41) is 0. The Morgan fingerprint density at radius 1 is 0.442 bits per heavy atom. The quantitative estimate of drug-likeness (QED) is 0.106. The van der Waals surface area contributed by atoms with Crippen LogP contribution in [0.1, 0.15) is 154 Å². The maximum atomic E-state index is 2.88. The van der Waals surface area contributed by atoms with Gasteiger partial charge in [-0.1, -0.05) is 57.3 Å². The minimum absolute atomic E-state index is 0. The van der Waals surface area contributed by atoms with Gasteiger partial charge in [0.2, 0.25) is 5.69 Å². The number of rotatable bonds is 18. The predicted molar refractivity (Wildman–Crippen MR) is 339 cm³/mol. The predicted octanol–water partition coefficient (Wildman–Crippen LogP) is 13.0. The maximum absolute atomic E-state index is 2.88. The Kier molecular flexibility index (Phi) is 36.3. The molecule has 6 saturated heterocycles. The third-order valence-corrected chi connectivity index (χ3v) is 23.6. The third kappa shape index (κ3) is 21.0. The van der Waals surface area contributed by atoms with Gasteiger partial charge in [-0.05, 0) is 138 Å². The summed E-state index contributed by atoms with van der Waals surface area (Å²) in [6.45, 7) is 20.9. The van der Waals surface area contributed by atoms with Crippen LogP contribution < -0.4 is 4.90 Å². The maximum Gasteiger partial charge on any atom is 0.209 e. The van der Waals surface area contributed by atoms with E-state index in [1.807, 2.05) is 0 Å². The third-order valence-electron chi connectivity index (χ3n) is 23.6. The molecule has 0 aliphatic carbocycles. The van der Waals surface area contributed by atoms with Crippen molar-refractivity contribution in [2.75, 3.05) is 180 Å². The van der Waals surface area contributed by atoms with Crippen LogP contribution in [0.15, 0.2) is 72.5 Å². The van der Waals surface area contributed by atoms with Gasteiger partial charge in [-0.25, -0.2) is 0 Å². The molecule has 0 aromatic heterocycles. The molecule has 484 valence electrons. The SMILES string of the molecule is C.C.C[N+]1(C)CCC(CCCN2C(=CC=CC3=[N+](CCCC4CC[N+](C)(C)CC4)c4ccccc4C34CC[N+](C)(CCCC3CC[N+](C)(C)CC3)CC4)C3(CC[N+](C)(CCCC4CC[N+](C)(C)CC4)CC3)c3ccccc32)CC1.[W].[W].[W].[W].[W].[W].[W]. The summed E-state index contributed by atoms with van der Waals surface area (Å²) in [5.74, 6) is 3.62. The molecule has 0 atom stereocenters. The molecule has 0 bridgehead atoms. The fourth-order valence-electron chi connectivity index (χ4n) is 17.3. The van der Waals surface area contributed by atoms with Crippen LogP contribution in [0.4, 0.5) is 11.4 Å². The number of allylic oxidation sites excluding steroid dienone is 4. The molecular formula is C71H125N8W7+7. The minimum Gasteiger partial charge on any atom is -0.344 e. The van der Waals surface area contributed by atoms with Crippen LogP contribution in [0.5, 0.6) is 0 Å². The summed E-state index contributed by atoms with van der Waals surface area (Å²) in [6.07, 6.45) is 35.2. The summed E-state index contributed by atoms with van der Waals surface area (Å²) >= 11 is 0. The van der Waals surface area contributed by atoms with Crippen LogP contribution in [0.2, 0.25) is 0 Å². The summed E-state index contributed by atoms with van der Waals surface area (Å²) < 4.78 is 10.2. The van der Waals surface area contributed by atoms with Crippen molar-refractivity contribution < 1.29 is 179 Å². The number of hydrogen-bond donors (Lipinski definition) is 0. The van der Waals surface area contributed by atoms with Gasteiger partial charge in [-0.3, -0.25) is 0 Å². The van der Waals surface area contributed by atoms with Gasteiger partial charge in [0, 0.05) is 221 Å². The van der Waals surface area contributed by atoms with Crippen LogP contribution >= 0.6 is 0 Å². The number of piperidine rings is 6. The van der Waals surface area contributed by atoms with Gasteiger partial charge >= 0.3 is 0 Å². The van der Waals surface area contributed by atoms with Crippen molar-refractivity contribution in [2.45, 2.75) is 154 Å². The molecule has 2 spiro atoms. The zero-order valence-electron chi connectivity index (χ0n) is 54.6. The van der Waals surface area contributed by atoms with Crippen molar-refractivity contribution in [3.63, 3.8) is 0 Å². The fourth-order valence-corrected chi connectivity index (χ4v) is 17.3. The summed E-state index contributed by atoms with van der Waals surface area (Å²) in [6, 6.07) is 19.6.